The van der Waals surface area contributed by atoms with Crippen LogP contribution in [0.25, 0.3) is 6.08 Å². The molecule has 8 heteroatoms. The van der Waals surface area contributed by atoms with E-state index in [9.17, 15) is 9.59 Å². The van der Waals surface area contributed by atoms with Gasteiger partial charge in [-0.25, -0.2) is 0 Å². The number of ether oxygens (including phenoxy) is 6. The van der Waals surface area contributed by atoms with Crippen molar-refractivity contribution in [1.29, 1.82) is 0 Å². The topological polar surface area (TPSA) is 89.5 Å². The lowest BCUT2D eigenvalue weighted by atomic mass is 9.84. The number of benzene rings is 4. The van der Waals surface area contributed by atoms with Crippen LogP contribution in [-0.2, 0) is 11.2 Å². The quantitative estimate of drug-likeness (QED) is 0.147. The summed E-state index contributed by atoms with van der Waals surface area (Å²) in [6, 6.07) is 24.3. The Hall–Kier alpha value is -5.24. The molecule has 7 rings (SSSR count). The van der Waals surface area contributed by atoms with Crippen LogP contribution in [0.1, 0.15) is 45.0 Å². The number of fused-ring (bicyclic) bond motifs is 4. The van der Waals surface area contributed by atoms with E-state index in [2.05, 4.69) is 0 Å². The SMILES string of the molecule is COc1ccc(CCOc2ccccc2[C@H]2CC(=O)Oc3ccc4c(c32)O/C(=C\c2ccc3c(c2)OCCO3)C4=O)cc1. The molecule has 0 saturated carbocycles. The standard InChI is InChI=1S/C35H28O8/c1-38-23-9-6-21(7-10-23)14-15-39-27-5-3-2-4-24(27)26-20-32(36)42-29-13-11-25-34(37)31(43-35(25)33(26)29)19-22-8-12-28-30(18-22)41-17-16-40-28/h2-13,18-19,26H,14-17,20H2,1H3/b31-19-/t26-/m1/s1. The molecule has 0 radical (unpaired) electrons. The van der Waals surface area contributed by atoms with Crippen molar-refractivity contribution in [3.8, 4) is 34.5 Å². The first-order chi connectivity index (χ1) is 21.1. The van der Waals surface area contributed by atoms with Gasteiger partial charge in [0.25, 0.3) is 0 Å². The molecule has 43 heavy (non-hydrogen) atoms. The first kappa shape index (κ1) is 26.6. The van der Waals surface area contributed by atoms with E-state index in [4.69, 9.17) is 28.4 Å². The Morgan fingerprint density at radius 3 is 2.49 bits per heavy atom. The third kappa shape index (κ3) is 5.16. The molecule has 1 atom stereocenters. The fourth-order valence-corrected chi connectivity index (χ4v) is 5.64. The molecule has 0 spiro atoms. The van der Waals surface area contributed by atoms with E-state index >= 15 is 0 Å². The molecule has 8 nitrogen and oxygen atoms in total. The lowest BCUT2D eigenvalue weighted by molar-refractivity contribution is -0.135. The zero-order valence-electron chi connectivity index (χ0n) is 23.5. The number of Topliss-reactive ketones (excluding diaryl/α,β-unsaturated/α-hetero) is 1. The number of allylic oxidation sites excluding steroid dienone is 1. The molecule has 3 aliphatic rings. The predicted molar refractivity (Wildman–Crippen MR) is 158 cm³/mol. The Labute approximate surface area is 248 Å². The summed E-state index contributed by atoms with van der Waals surface area (Å²) in [5, 5.41) is 0. The number of hydrogen-bond acceptors (Lipinski definition) is 8. The van der Waals surface area contributed by atoms with Crippen molar-refractivity contribution in [1.82, 2.24) is 0 Å². The second-order valence-electron chi connectivity index (χ2n) is 10.4. The van der Waals surface area contributed by atoms with E-state index in [-0.39, 0.29) is 23.9 Å². The summed E-state index contributed by atoms with van der Waals surface area (Å²) >= 11 is 0. The first-order valence-electron chi connectivity index (χ1n) is 14.1. The van der Waals surface area contributed by atoms with E-state index in [1.54, 1.807) is 25.3 Å². The van der Waals surface area contributed by atoms with Gasteiger partial charge in [-0.1, -0.05) is 36.4 Å². The van der Waals surface area contributed by atoms with Gasteiger partial charge in [0, 0.05) is 23.5 Å². The molecule has 3 aliphatic heterocycles. The Balaban J connectivity index is 1.18. The molecule has 0 bridgehead atoms. The number of carbonyl (C=O) groups is 2. The molecule has 0 aromatic heterocycles. The molecule has 3 heterocycles. The van der Waals surface area contributed by atoms with Crippen molar-refractivity contribution >= 4 is 17.8 Å². The summed E-state index contributed by atoms with van der Waals surface area (Å²) < 4.78 is 34.7. The van der Waals surface area contributed by atoms with E-state index in [1.807, 2.05) is 66.7 Å². The number of rotatable bonds is 7. The van der Waals surface area contributed by atoms with Crippen molar-refractivity contribution in [3.05, 3.63) is 112 Å². The van der Waals surface area contributed by atoms with Crippen LogP contribution in [0.4, 0.5) is 0 Å². The fraction of sp³-hybridized carbons (Fsp3) is 0.200. The average molecular weight is 577 g/mol. The third-order valence-electron chi connectivity index (χ3n) is 7.75. The highest BCUT2D eigenvalue weighted by molar-refractivity contribution is 6.15. The molecule has 0 fully saturated rings. The molecular formula is C35H28O8. The lowest BCUT2D eigenvalue weighted by Gasteiger charge is -2.27. The molecule has 0 N–H and O–H groups in total. The summed E-state index contributed by atoms with van der Waals surface area (Å²) in [5.41, 5.74) is 3.76. The molecule has 216 valence electrons. The van der Waals surface area contributed by atoms with Crippen molar-refractivity contribution in [3.63, 3.8) is 0 Å². The van der Waals surface area contributed by atoms with Gasteiger partial charge in [-0.15, -0.1) is 0 Å². The van der Waals surface area contributed by atoms with Gasteiger partial charge in [-0.2, -0.15) is 0 Å². The third-order valence-corrected chi connectivity index (χ3v) is 7.75. The van der Waals surface area contributed by atoms with Gasteiger partial charge in [0.1, 0.15) is 36.2 Å². The fourth-order valence-electron chi connectivity index (χ4n) is 5.64. The van der Waals surface area contributed by atoms with Crippen LogP contribution in [0.5, 0.6) is 34.5 Å². The highest BCUT2D eigenvalue weighted by Gasteiger charge is 2.39. The number of para-hydroxylation sites is 1. The van der Waals surface area contributed by atoms with Gasteiger partial charge in [0.15, 0.2) is 17.3 Å². The Bertz CT molecular complexity index is 1750. The molecule has 4 aromatic carbocycles. The zero-order valence-corrected chi connectivity index (χ0v) is 23.5. The van der Waals surface area contributed by atoms with Gasteiger partial charge in [-0.05, 0) is 59.7 Å². The van der Waals surface area contributed by atoms with Crippen LogP contribution in [0.3, 0.4) is 0 Å². The number of esters is 1. The molecule has 0 unspecified atom stereocenters. The van der Waals surface area contributed by atoms with Crippen LogP contribution in [0.2, 0.25) is 0 Å². The smallest absolute Gasteiger partial charge is 0.312 e. The normalized spacial score (nSPS) is 17.5. The van der Waals surface area contributed by atoms with Gasteiger partial charge in [0.2, 0.25) is 5.78 Å². The van der Waals surface area contributed by atoms with Gasteiger partial charge >= 0.3 is 5.97 Å². The first-order valence-corrected chi connectivity index (χ1v) is 14.1. The van der Waals surface area contributed by atoms with Crippen LogP contribution in [-0.4, -0.2) is 38.7 Å². The highest BCUT2D eigenvalue weighted by Crippen LogP contribution is 2.50. The second kappa shape index (κ2) is 11.2. The van der Waals surface area contributed by atoms with Crippen LogP contribution in [0.15, 0.2) is 84.6 Å². The van der Waals surface area contributed by atoms with E-state index < -0.39 is 5.92 Å². The van der Waals surface area contributed by atoms with Crippen LogP contribution < -0.4 is 28.4 Å². The zero-order chi connectivity index (χ0) is 29.3. The average Bonchev–Trinajstić information content (AvgIpc) is 3.35. The summed E-state index contributed by atoms with van der Waals surface area (Å²) in [6.45, 7) is 1.41. The van der Waals surface area contributed by atoms with E-state index in [0.717, 1.165) is 22.4 Å². The highest BCUT2D eigenvalue weighted by atomic mass is 16.6. The van der Waals surface area contributed by atoms with Crippen molar-refractivity contribution in [2.45, 2.75) is 18.8 Å². The van der Waals surface area contributed by atoms with Crippen LogP contribution in [0, 0.1) is 0 Å². The predicted octanol–water partition coefficient (Wildman–Crippen LogP) is 6.15. The minimum absolute atomic E-state index is 0.0844. The summed E-state index contributed by atoms with van der Waals surface area (Å²) in [5.74, 6) is 2.68. The van der Waals surface area contributed by atoms with Crippen molar-refractivity contribution in [2.24, 2.45) is 0 Å². The molecule has 0 aliphatic carbocycles. The van der Waals surface area contributed by atoms with E-state index in [1.165, 1.54) is 0 Å². The van der Waals surface area contributed by atoms with Gasteiger partial charge < -0.3 is 28.4 Å². The number of methoxy groups -OCH3 is 1. The van der Waals surface area contributed by atoms with Crippen LogP contribution >= 0.6 is 0 Å². The molecule has 0 amide bonds. The second-order valence-corrected chi connectivity index (χ2v) is 10.4. The largest absolute Gasteiger partial charge is 0.497 e. The van der Waals surface area contributed by atoms with Crippen molar-refractivity contribution in [2.75, 3.05) is 26.9 Å². The maximum Gasteiger partial charge on any atom is 0.312 e. The summed E-state index contributed by atoms with van der Waals surface area (Å²) in [4.78, 5) is 26.2. The Morgan fingerprint density at radius 1 is 0.860 bits per heavy atom. The van der Waals surface area contributed by atoms with Gasteiger partial charge in [0.05, 0.1) is 25.7 Å². The van der Waals surface area contributed by atoms with E-state index in [0.29, 0.717) is 66.1 Å². The minimum Gasteiger partial charge on any atom is -0.497 e. The number of carbonyl (C=O) groups excluding carboxylic acids is 2. The van der Waals surface area contributed by atoms with Crippen molar-refractivity contribution < 1.29 is 38.0 Å². The monoisotopic (exact) mass is 576 g/mol. The number of ketones is 1. The van der Waals surface area contributed by atoms with Gasteiger partial charge in [-0.3, -0.25) is 9.59 Å². The maximum atomic E-state index is 13.5. The molecule has 0 saturated heterocycles. The Morgan fingerprint density at radius 2 is 1.65 bits per heavy atom. The lowest BCUT2D eigenvalue weighted by Crippen LogP contribution is -2.22. The summed E-state index contributed by atoms with van der Waals surface area (Å²) in [7, 11) is 1.64. The number of hydrogen-bond donors (Lipinski definition) is 0. The molecule has 4 aromatic rings. The maximum absolute atomic E-state index is 13.5. The summed E-state index contributed by atoms with van der Waals surface area (Å²) in [6.07, 6.45) is 2.47. The molecular weight excluding hydrogens is 548 g/mol. The minimum atomic E-state index is -0.426. The Kier molecular flexibility index (Phi) is 6.95.